The van der Waals surface area contributed by atoms with Crippen molar-refractivity contribution in [2.24, 2.45) is 5.92 Å². The first-order valence-electron chi connectivity index (χ1n) is 11.0. The second-order valence-electron chi connectivity index (χ2n) is 9.10. The second-order valence-corrected chi connectivity index (χ2v) is 9.53. The van der Waals surface area contributed by atoms with Crippen molar-refractivity contribution >= 4 is 29.1 Å². The number of halogens is 1. The Bertz CT molecular complexity index is 1030. The van der Waals surface area contributed by atoms with Crippen molar-refractivity contribution in [3.63, 3.8) is 0 Å². The van der Waals surface area contributed by atoms with Gasteiger partial charge in [-0.25, -0.2) is 0 Å². The van der Waals surface area contributed by atoms with E-state index in [9.17, 15) is 9.59 Å². The molecule has 2 aromatic rings. The average molecular weight is 439 g/mol. The molecule has 5 rings (SSSR count). The molecule has 1 saturated carbocycles. The van der Waals surface area contributed by atoms with E-state index in [4.69, 9.17) is 11.6 Å². The van der Waals surface area contributed by atoms with E-state index < -0.39 is 0 Å². The van der Waals surface area contributed by atoms with Crippen LogP contribution >= 0.6 is 11.6 Å². The van der Waals surface area contributed by atoms with E-state index in [1.807, 2.05) is 24.0 Å². The summed E-state index contributed by atoms with van der Waals surface area (Å²) >= 11 is 6.01. The minimum atomic E-state index is -0.357. The first-order valence-corrected chi connectivity index (χ1v) is 11.4. The van der Waals surface area contributed by atoms with Crippen molar-refractivity contribution in [2.45, 2.75) is 44.1 Å². The summed E-state index contributed by atoms with van der Waals surface area (Å²) in [6.45, 7) is 4.04. The lowest BCUT2D eigenvalue weighted by atomic mass is 9.76. The van der Waals surface area contributed by atoms with Gasteiger partial charge in [-0.1, -0.05) is 29.8 Å². The number of benzene rings is 1. The molecule has 2 fully saturated rings. The molecule has 1 aromatic heterocycles. The van der Waals surface area contributed by atoms with Crippen molar-refractivity contribution in [3.8, 4) is 0 Å². The number of aryl methyl sites for hydroxylation is 1. The van der Waals surface area contributed by atoms with Crippen molar-refractivity contribution in [1.29, 1.82) is 0 Å². The highest BCUT2D eigenvalue weighted by atomic mass is 35.5. The van der Waals surface area contributed by atoms with E-state index >= 15 is 0 Å². The molecule has 0 bridgehead atoms. The van der Waals surface area contributed by atoms with Crippen molar-refractivity contribution < 1.29 is 9.59 Å². The van der Waals surface area contributed by atoms with Crippen LogP contribution in [0.2, 0.25) is 5.02 Å². The maximum Gasteiger partial charge on any atom is 0.253 e. The summed E-state index contributed by atoms with van der Waals surface area (Å²) in [4.78, 5) is 32.1. The zero-order valence-electron chi connectivity index (χ0n) is 17.7. The molecule has 1 spiro atoms. The molecule has 1 aliphatic carbocycles. The molecule has 1 saturated heterocycles. The lowest BCUT2D eigenvalue weighted by Gasteiger charge is -2.38. The van der Waals surface area contributed by atoms with Gasteiger partial charge in [0.1, 0.15) is 5.41 Å². The number of para-hydroxylation sites is 1. The summed E-state index contributed by atoms with van der Waals surface area (Å²) in [7, 11) is 0. The van der Waals surface area contributed by atoms with Gasteiger partial charge in [0, 0.05) is 37.6 Å². The van der Waals surface area contributed by atoms with Gasteiger partial charge in [-0.05, 0) is 56.2 Å². The van der Waals surface area contributed by atoms with E-state index in [2.05, 4.69) is 27.8 Å². The molecule has 7 heteroatoms. The highest BCUT2D eigenvalue weighted by Crippen LogP contribution is 2.45. The average Bonchev–Trinajstić information content (AvgIpc) is 2.99. The summed E-state index contributed by atoms with van der Waals surface area (Å²) in [6, 6.07) is 10.0. The SMILES string of the molecule is Cc1ncc(Cl)cc1C(=O)NC1CCC(CN2C(=O)C3(CNC3)c3ccccc32)CC1. The van der Waals surface area contributed by atoms with Crippen LogP contribution in [0.4, 0.5) is 5.69 Å². The van der Waals surface area contributed by atoms with Crippen LogP contribution in [-0.4, -0.2) is 42.5 Å². The number of carbonyl (C=O) groups is 2. The van der Waals surface area contributed by atoms with Gasteiger partial charge in [0.05, 0.1) is 16.3 Å². The summed E-state index contributed by atoms with van der Waals surface area (Å²) in [5.41, 5.74) is 3.11. The van der Waals surface area contributed by atoms with Gasteiger partial charge in [-0.15, -0.1) is 0 Å². The third-order valence-corrected chi connectivity index (χ3v) is 7.35. The quantitative estimate of drug-likeness (QED) is 0.768. The number of hydrogen-bond donors (Lipinski definition) is 2. The van der Waals surface area contributed by atoms with E-state index in [0.29, 0.717) is 22.2 Å². The number of nitrogens with zero attached hydrogens (tertiary/aromatic N) is 2. The molecule has 1 aromatic carbocycles. The number of hydrogen-bond acceptors (Lipinski definition) is 4. The van der Waals surface area contributed by atoms with Gasteiger partial charge in [-0.2, -0.15) is 0 Å². The Labute approximate surface area is 187 Å². The van der Waals surface area contributed by atoms with Gasteiger partial charge in [0.25, 0.3) is 5.91 Å². The molecule has 3 heterocycles. The molecular weight excluding hydrogens is 412 g/mol. The molecule has 2 N–H and O–H groups in total. The minimum absolute atomic E-state index is 0.112. The van der Waals surface area contributed by atoms with E-state index in [0.717, 1.165) is 51.0 Å². The highest BCUT2D eigenvalue weighted by Gasteiger charge is 2.54. The van der Waals surface area contributed by atoms with E-state index in [1.165, 1.54) is 5.56 Å². The van der Waals surface area contributed by atoms with Gasteiger partial charge >= 0.3 is 0 Å². The van der Waals surface area contributed by atoms with Crippen molar-refractivity contribution in [1.82, 2.24) is 15.6 Å². The second kappa shape index (κ2) is 7.92. The first-order chi connectivity index (χ1) is 15.0. The Morgan fingerprint density at radius 3 is 2.71 bits per heavy atom. The van der Waals surface area contributed by atoms with Gasteiger partial charge in [-0.3, -0.25) is 14.6 Å². The van der Waals surface area contributed by atoms with Crippen LogP contribution in [0.3, 0.4) is 0 Å². The molecule has 162 valence electrons. The lowest BCUT2D eigenvalue weighted by Crippen LogP contribution is -2.62. The maximum atomic E-state index is 13.3. The van der Waals surface area contributed by atoms with Gasteiger partial charge in [0.2, 0.25) is 5.91 Å². The Kier molecular flexibility index (Phi) is 5.22. The maximum absolute atomic E-state index is 13.3. The third kappa shape index (κ3) is 3.52. The summed E-state index contributed by atoms with van der Waals surface area (Å²) < 4.78 is 0. The van der Waals surface area contributed by atoms with E-state index in [1.54, 1.807) is 12.3 Å². The molecule has 0 radical (unpaired) electrons. The molecule has 0 unspecified atom stereocenters. The predicted octanol–water partition coefficient (Wildman–Crippen LogP) is 3.22. The topological polar surface area (TPSA) is 74.3 Å². The van der Waals surface area contributed by atoms with Crippen molar-refractivity contribution in [3.05, 3.63) is 58.4 Å². The van der Waals surface area contributed by atoms with Crippen LogP contribution in [0.25, 0.3) is 0 Å². The van der Waals surface area contributed by atoms with E-state index in [-0.39, 0.29) is 23.3 Å². The number of aromatic nitrogens is 1. The monoisotopic (exact) mass is 438 g/mol. The van der Waals surface area contributed by atoms with Gasteiger partial charge in [0.15, 0.2) is 0 Å². The smallest absolute Gasteiger partial charge is 0.253 e. The number of amides is 2. The number of nitrogens with one attached hydrogen (secondary N) is 2. The van der Waals surface area contributed by atoms with Crippen LogP contribution < -0.4 is 15.5 Å². The van der Waals surface area contributed by atoms with Crippen LogP contribution in [0.15, 0.2) is 36.5 Å². The summed E-state index contributed by atoms with van der Waals surface area (Å²) in [5.74, 6) is 0.578. The Morgan fingerprint density at radius 1 is 1.26 bits per heavy atom. The standard InChI is InChI=1S/C24H27ClN4O2/c1-15-19(10-17(25)11-27-15)22(30)28-18-8-6-16(7-9-18)12-29-21-5-3-2-4-20(21)24(23(29)31)13-26-14-24/h2-5,10-11,16,18,26H,6-9,12-14H2,1H3,(H,28,30). The Morgan fingerprint density at radius 2 is 2.00 bits per heavy atom. The fourth-order valence-electron chi connectivity index (χ4n) is 5.24. The zero-order valence-corrected chi connectivity index (χ0v) is 18.4. The highest BCUT2D eigenvalue weighted by molar-refractivity contribution is 6.30. The fraction of sp³-hybridized carbons (Fsp3) is 0.458. The Balaban J connectivity index is 1.20. The first kappa shape index (κ1) is 20.5. The van der Waals surface area contributed by atoms with Crippen LogP contribution in [-0.2, 0) is 10.2 Å². The number of carbonyl (C=O) groups excluding carboxylic acids is 2. The van der Waals surface area contributed by atoms with Gasteiger partial charge < -0.3 is 15.5 Å². The zero-order chi connectivity index (χ0) is 21.6. The molecular formula is C24H27ClN4O2. The minimum Gasteiger partial charge on any atom is -0.349 e. The lowest BCUT2D eigenvalue weighted by molar-refractivity contribution is -0.125. The number of anilines is 1. The van der Waals surface area contributed by atoms with Crippen LogP contribution in [0, 0.1) is 12.8 Å². The molecule has 6 nitrogen and oxygen atoms in total. The summed E-state index contributed by atoms with van der Waals surface area (Å²) in [6.07, 6.45) is 5.38. The molecule has 2 aliphatic heterocycles. The van der Waals surface area contributed by atoms with Crippen LogP contribution in [0.1, 0.15) is 47.3 Å². The molecule has 3 aliphatic rings. The largest absolute Gasteiger partial charge is 0.349 e. The van der Waals surface area contributed by atoms with Crippen LogP contribution in [0.5, 0.6) is 0 Å². The molecule has 2 amide bonds. The predicted molar refractivity (Wildman–Crippen MR) is 121 cm³/mol. The third-order valence-electron chi connectivity index (χ3n) is 7.14. The normalized spacial score (nSPS) is 24.1. The number of pyridine rings is 1. The van der Waals surface area contributed by atoms with Crippen molar-refractivity contribution in [2.75, 3.05) is 24.5 Å². The fourth-order valence-corrected chi connectivity index (χ4v) is 5.40. The molecule has 0 atom stereocenters. The Hall–Kier alpha value is -2.44. The number of fused-ring (bicyclic) bond motifs is 2. The molecule has 31 heavy (non-hydrogen) atoms. The number of rotatable bonds is 4. The summed E-state index contributed by atoms with van der Waals surface area (Å²) in [5, 5.41) is 6.90.